The van der Waals surface area contributed by atoms with Crippen molar-refractivity contribution in [2.24, 2.45) is 11.7 Å². The summed E-state index contributed by atoms with van der Waals surface area (Å²) in [7, 11) is 0. The summed E-state index contributed by atoms with van der Waals surface area (Å²) < 4.78 is 1.92. The van der Waals surface area contributed by atoms with Crippen molar-refractivity contribution in [1.29, 1.82) is 0 Å². The highest BCUT2D eigenvalue weighted by Crippen LogP contribution is 2.24. The van der Waals surface area contributed by atoms with Crippen LogP contribution in [-0.2, 0) is 11.3 Å². The van der Waals surface area contributed by atoms with Crippen LogP contribution in [0.15, 0.2) is 43.0 Å². The molecule has 0 unspecified atom stereocenters. The van der Waals surface area contributed by atoms with E-state index in [0.29, 0.717) is 19.4 Å². The number of imidazole rings is 1. The van der Waals surface area contributed by atoms with Gasteiger partial charge in [0, 0.05) is 30.9 Å². The number of aliphatic hydroxyl groups is 1. The molecule has 0 bridgehead atoms. The number of rotatable bonds is 4. The third-order valence-electron chi connectivity index (χ3n) is 4.47. The Morgan fingerprint density at radius 1 is 1.32 bits per heavy atom. The number of nitrogens with two attached hydrogens (primary N) is 1. The third kappa shape index (κ3) is 5.19. The Labute approximate surface area is 159 Å². The fourth-order valence-corrected chi connectivity index (χ4v) is 3.05. The first-order chi connectivity index (χ1) is 11.1. The number of aromatic nitrogens is 2. The molecule has 3 rings (SSSR count). The van der Waals surface area contributed by atoms with Crippen molar-refractivity contribution in [3.63, 3.8) is 0 Å². The maximum absolute atomic E-state index is 12.3. The fourth-order valence-electron chi connectivity index (χ4n) is 3.05. The van der Waals surface area contributed by atoms with Crippen molar-refractivity contribution in [1.82, 2.24) is 14.9 Å². The van der Waals surface area contributed by atoms with Gasteiger partial charge in [0.2, 0.25) is 5.91 Å². The Kier molecular flexibility index (Phi) is 8.38. The number of hydrogen-bond donors (Lipinski definition) is 3. The van der Waals surface area contributed by atoms with E-state index in [0.717, 1.165) is 17.7 Å². The van der Waals surface area contributed by atoms with Gasteiger partial charge in [-0.25, -0.2) is 4.98 Å². The minimum Gasteiger partial charge on any atom is -0.391 e. The lowest BCUT2D eigenvalue weighted by Gasteiger charge is -2.30. The van der Waals surface area contributed by atoms with Gasteiger partial charge in [-0.2, -0.15) is 0 Å². The predicted molar refractivity (Wildman–Crippen MR) is 101 cm³/mol. The van der Waals surface area contributed by atoms with Gasteiger partial charge in [0.25, 0.3) is 0 Å². The van der Waals surface area contributed by atoms with Crippen LogP contribution in [0.3, 0.4) is 0 Å². The summed E-state index contributed by atoms with van der Waals surface area (Å²) in [5, 5.41) is 12.8. The fraction of sp³-hybridized carbons (Fsp3) is 0.412. The minimum absolute atomic E-state index is 0. The largest absolute Gasteiger partial charge is 0.391 e. The molecule has 0 aliphatic heterocycles. The molecular weight excluding hydrogens is 363 g/mol. The second kappa shape index (κ2) is 9.77. The van der Waals surface area contributed by atoms with Gasteiger partial charge in [0.15, 0.2) is 0 Å². The van der Waals surface area contributed by atoms with Crippen molar-refractivity contribution in [2.75, 3.05) is 0 Å². The molecule has 3 atom stereocenters. The van der Waals surface area contributed by atoms with Crippen molar-refractivity contribution < 1.29 is 9.90 Å². The lowest BCUT2D eigenvalue weighted by Crippen LogP contribution is -2.44. The van der Waals surface area contributed by atoms with Crippen LogP contribution in [0.4, 0.5) is 0 Å². The first-order valence-electron chi connectivity index (χ1n) is 7.92. The number of amides is 1. The summed E-state index contributed by atoms with van der Waals surface area (Å²) in [6, 6.07) is 7.68. The van der Waals surface area contributed by atoms with Gasteiger partial charge in [-0.15, -0.1) is 24.8 Å². The molecular formula is C17H24Cl2N4O2. The van der Waals surface area contributed by atoms with Crippen LogP contribution in [0, 0.1) is 5.92 Å². The van der Waals surface area contributed by atoms with E-state index in [4.69, 9.17) is 5.73 Å². The molecule has 0 spiro atoms. The van der Waals surface area contributed by atoms with Gasteiger partial charge in [-0.3, -0.25) is 4.79 Å². The lowest BCUT2D eigenvalue weighted by molar-refractivity contribution is -0.127. The van der Waals surface area contributed by atoms with E-state index in [1.807, 2.05) is 35.0 Å². The van der Waals surface area contributed by atoms with Crippen molar-refractivity contribution in [3.05, 3.63) is 48.5 Å². The number of para-hydroxylation sites is 1. The normalized spacial score (nSPS) is 22.4. The first kappa shape index (κ1) is 21.4. The average Bonchev–Trinajstić information content (AvgIpc) is 3.10. The van der Waals surface area contributed by atoms with Gasteiger partial charge in [0.1, 0.15) is 0 Å². The average molecular weight is 387 g/mol. The zero-order chi connectivity index (χ0) is 16.2. The number of carbonyl (C=O) groups is 1. The maximum atomic E-state index is 12.3. The number of hydrogen-bond acceptors (Lipinski definition) is 4. The summed E-state index contributed by atoms with van der Waals surface area (Å²) in [6.45, 7) is 0.450. The number of nitrogens with one attached hydrogen (secondary N) is 1. The molecule has 4 N–H and O–H groups in total. The van der Waals surface area contributed by atoms with Crippen LogP contribution in [0.2, 0.25) is 0 Å². The highest BCUT2D eigenvalue weighted by Gasteiger charge is 2.30. The molecule has 1 heterocycles. The zero-order valence-corrected chi connectivity index (χ0v) is 15.4. The highest BCUT2D eigenvalue weighted by atomic mass is 35.5. The summed E-state index contributed by atoms with van der Waals surface area (Å²) in [5.41, 5.74) is 7.81. The van der Waals surface area contributed by atoms with E-state index in [2.05, 4.69) is 10.3 Å². The van der Waals surface area contributed by atoms with Gasteiger partial charge >= 0.3 is 0 Å². The predicted octanol–water partition coefficient (Wildman–Crippen LogP) is 1.82. The number of carbonyl (C=O) groups excluding carboxylic acids is 1. The van der Waals surface area contributed by atoms with E-state index in [1.165, 1.54) is 0 Å². The maximum Gasteiger partial charge on any atom is 0.223 e. The molecule has 1 aromatic heterocycles. The number of aliphatic hydroxyl groups excluding tert-OH is 1. The Hall–Kier alpha value is -1.60. The van der Waals surface area contributed by atoms with Gasteiger partial charge in [0.05, 0.1) is 18.1 Å². The molecule has 1 aliphatic rings. The molecule has 2 aromatic rings. The number of nitrogens with zero attached hydrogens (tertiary/aromatic N) is 2. The van der Waals surface area contributed by atoms with Crippen LogP contribution in [0.25, 0.3) is 5.69 Å². The van der Waals surface area contributed by atoms with Gasteiger partial charge < -0.3 is 20.7 Å². The van der Waals surface area contributed by atoms with Crippen molar-refractivity contribution >= 4 is 30.7 Å². The quantitative estimate of drug-likeness (QED) is 0.746. The third-order valence-corrected chi connectivity index (χ3v) is 4.47. The Morgan fingerprint density at radius 2 is 2.08 bits per heavy atom. The molecule has 0 radical (unpaired) electrons. The van der Waals surface area contributed by atoms with Crippen LogP contribution in [-0.4, -0.2) is 32.7 Å². The monoisotopic (exact) mass is 386 g/mol. The molecule has 1 aromatic carbocycles. The van der Waals surface area contributed by atoms with Crippen molar-refractivity contribution in [3.8, 4) is 5.69 Å². The van der Waals surface area contributed by atoms with E-state index >= 15 is 0 Å². The van der Waals surface area contributed by atoms with E-state index in [9.17, 15) is 9.90 Å². The summed E-state index contributed by atoms with van der Waals surface area (Å²) in [5.74, 6) is -0.179. The molecule has 25 heavy (non-hydrogen) atoms. The molecule has 1 fully saturated rings. The topological polar surface area (TPSA) is 93.2 Å². The van der Waals surface area contributed by atoms with E-state index in [1.54, 1.807) is 12.5 Å². The number of halogens is 2. The second-order valence-corrected chi connectivity index (χ2v) is 6.06. The molecule has 1 aliphatic carbocycles. The molecule has 8 heteroatoms. The van der Waals surface area contributed by atoms with E-state index in [-0.39, 0.29) is 42.7 Å². The van der Waals surface area contributed by atoms with E-state index < -0.39 is 6.10 Å². The second-order valence-electron chi connectivity index (χ2n) is 6.06. The van der Waals surface area contributed by atoms with Crippen LogP contribution in [0.5, 0.6) is 0 Å². The summed E-state index contributed by atoms with van der Waals surface area (Å²) in [4.78, 5) is 16.4. The SMILES string of the molecule is Cl.Cl.N[C@H]1CC[C@H](C(=O)NCc2ccccc2-n2ccnc2)C[C@@H]1O. The molecule has 6 nitrogen and oxygen atoms in total. The molecule has 138 valence electrons. The smallest absolute Gasteiger partial charge is 0.223 e. The molecule has 1 amide bonds. The zero-order valence-electron chi connectivity index (χ0n) is 13.7. The minimum atomic E-state index is -0.585. The first-order valence-corrected chi connectivity index (χ1v) is 7.92. The Balaban J connectivity index is 0.00000156. The number of benzene rings is 1. The van der Waals surface area contributed by atoms with Gasteiger partial charge in [-0.1, -0.05) is 18.2 Å². The van der Waals surface area contributed by atoms with Crippen LogP contribution < -0.4 is 11.1 Å². The highest BCUT2D eigenvalue weighted by molar-refractivity contribution is 5.85. The summed E-state index contributed by atoms with van der Waals surface area (Å²) >= 11 is 0. The lowest BCUT2D eigenvalue weighted by atomic mass is 9.84. The Morgan fingerprint density at radius 3 is 2.76 bits per heavy atom. The van der Waals surface area contributed by atoms with Crippen molar-refractivity contribution in [2.45, 2.75) is 38.0 Å². The standard InChI is InChI=1S/C17H22N4O2.2ClH/c18-14-6-5-12(9-16(14)22)17(23)20-10-13-3-1-2-4-15(13)21-8-7-19-11-21;;/h1-4,7-8,11-12,14,16,22H,5-6,9-10,18H2,(H,20,23);2*1H/t12-,14-,16-;;/m0../s1. The van der Waals surface area contributed by atoms with Gasteiger partial charge in [-0.05, 0) is 30.9 Å². The summed E-state index contributed by atoms with van der Waals surface area (Å²) in [6.07, 6.45) is 6.60. The molecule has 0 saturated heterocycles. The van der Waals surface area contributed by atoms with Crippen LogP contribution >= 0.6 is 24.8 Å². The van der Waals surface area contributed by atoms with Crippen LogP contribution in [0.1, 0.15) is 24.8 Å². The molecule has 1 saturated carbocycles. The Bertz CT molecular complexity index is 666.